The van der Waals surface area contributed by atoms with Gasteiger partial charge in [-0.1, -0.05) is 31.9 Å². The number of halogens is 1. The Morgan fingerprint density at radius 1 is 1.25 bits per heavy atom. The van der Waals surface area contributed by atoms with Crippen molar-refractivity contribution in [1.29, 1.82) is 0 Å². The minimum absolute atomic E-state index is 0.0520. The van der Waals surface area contributed by atoms with Gasteiger partial charge in [0.15, 0.2) is 0 Å². The Kier molecular flexibility index (Phi) is 5.23. The predicted octanol–water partition coefficient (Wildman–Crippen LogP) is 3.44. The highest BCUT2D eigenvalue weighted by molar-refractivity contribution is 6.30. The van der Waals surface area contributed by atoms with E-state index in [1.54, 1.807) is 0 Å². The molecule has 0 saturated carbocycles. The molecule has 0 spiro atoms. The summed E-state index contributed by atoms with van der Waals surface area (Å²) in [6.07, 6.45) is 4.11. The molecule has 0 radical (unpaired) electrons. The summed E-state index contributed by atoms with van der Waals surface area (Å²) < 4.78 is 0. The van der Waals surface area contributed by atoms with Gasteiger partial charge in [0, 0.05) is 5.69 Å². The predicted molar refractivity (Wildman–Crippen MR) is 67.9 cm³/mol. The first-order chi connectivity index (χ1) is 7.65. The zero-order chi connectivity index (χ0) is 12.1. The Bertz CT molecular complexity index is 363. The van der Waals surface area contributed by atoms with Crippen LogP contribution < -0.4 is 0 Å². The van der Waals surface area contributed by atoms with Crippen LogP contribution in [0.3, 0.4) is 0 Å². The first-order valence-corrected chi connectivity index (χ1v) is 6.31. The molecule has 0 atom stereocenters. The van der Waals surface area contributed by atoms with E-state index in [1.807, 2.05) is 6.92 Å². The first-order valence-electron chi connectivity index (χ1n) is 5.93. The Balaban J connectivity index is 3.20. The Morgan fingerprint density at radius 2 is 1.94 bits per heavy atom. The lowest BCUT2D eigenvalue weighted by Crippen LogP contribution is -2.06. The van der Waals surface area contributed by atoms with Gasteiger partial charge in [-0.25, -0.2) is 4.98 Å². The van der Waals surface area contributed by atoms with Gasteiger partial charge in [-0.2, -0.15) is 0 Å². The van der Waals surface area contributed by atoms with Crippen molar-refractivity contribution in [2.75, 3.05) is 0 Å². The minimum Gasteiger partial charge on any atom is -0.392 e. The van der Waals surface area contributed by atoms with Gasteiger partial charge in [0.2, 0.25) is 0 Å². The fraction of sp³-hybridized carbons (Fsp3) is 0.615. The van der Waals surface area contributed by atoms with Crippen molar-refractivity contribution in [2.45, 2.75) is 53.1 Å². The molecule has 0 aliphatic carbocycles. The number of hydrogen-bond acceptors (Lipinski definition) is 2. The third-order valence-electron chi connectivity index (χ3n) is 2.99. The number of unbranched alkanes of at least 4 members (excludes halogenated alkanes) is 1. The van der Waals surface area contributed by atoms with Gasteiger partial charge in [-0.3, -0.25) is 0 Å². The van der Waals surface area contributed by atoms with Crippen LogP contribution in [0, 0.1) is 6.92 Å². The van der Waals surface area contributed by atoms with Crippen LogP contribution in [0.4, 0.5) is 0 Å². The Hall–Kier alpha value is -0.600. The number of aryl methyl sites for hydroxylation is 1. The van der Waals surface area contributed by atoms with E-state index in [1.165, 1.54) is 5.56 Å². The number of pyridine rings is 1. The summed E-state index contributed by atoms with van der Waals surface area (Å²) >= 11 is 6.08. The molecule has 1 aromatic rings. The average molecular weight is 242 g/mol. The second kappa shape index (κ2) is 6.21. The van der Waals surface area contributed by atoms with Crippen molar-refractivity contribution in [3.8, 4) is 0 Å². The molecular weight excluding hydrogens is 222 g/mol. The van der Waals surface area contributed by atoms with Gasteiger partial charge < -0.3 is 5.11 Å². The summed E-state index contributed by atoms with van der Waals surface area (Å²) in [6, 6.07) is 0. The first kappa shape index (κ1) is 13.5. The fourth-order valence-electron chi connectivity index (χ4n) is 1.98. The molecule has 0 bridgehead atoms. The van der Waals surface area contributed by atoms with E-state index in [0.29, 0.717) is 5.15 Å². The van der Waals surface area contributed by atoms with Gasteiger partial charge >= 0.3 is 0 Å². The molecule has 1 rings (SSSR count). The van der Waals surface area contributed by atoms with Crippen LogP contribution in [-0.4, -0.2) is 10.1 Å². The van der Waals surface area contributed by atoms with E-state index >= 15 is 0 Å². The molecule has 0 aromatic carbocycles. The van der Waals surface area contributed by atoms with Crippen LogP contribution in [0.15, 0.2) is 0 Å². The molecule has 0 saturated heterocycles. The van der Waals surface area contributed by atoms with Crippen LogP contribution in [0.1, 0.15) is 49.1 Å². The van der Waals surface area contributed by atoms with Gasteiger partial charge in [-0.15, -0.1) is 0 Å². The highest BCUT2D eigenvalue weighted by atomic mass is 35.5. The normalized spacial score (nSPS) is 10.8. The van der Waals surface area contributed by atoms with Crippen molar-refractivity contribution in [3.05, 3.63) is 27.5 Å². The van der Waals surface area contributed by atoms with Gasteiger partial charge in [0.1, 0.15) is 5.15 Å². The molecule has 1 heterocycles. The molecular formula is C13H20ClNO. The summed E-state index contributed by atoms with van der Waals surface area (Å²) in [5, 5.41) is 9.95. The summed E-state index contributed by atoms with van der Waals surface area (Å²) in [6.45, 7) is 6.23. The topological polar surface area (TPSA) is 33.1 Å². The van der Waals surface area contributed by atoms with Crippen LogP contribution in [-0.2, 0) is 19.4 Å². The van der Waals surface area contributed by atoms with E-state index in [9.17, 15) is 5.11 Å². The number of aliphatic hydroxyl groups is 1. The molecule has 0 amide bonds. The summed E-state index contributed by atoms with van der Waals surface area (Å²) in [4.78, 5) is 4.44. The monoisotopic (exact) mass is 241 g/mol. The molecule has 1 aromatic heterocycles. The smallest absolute Gasteiger partial charge is 0.132 e. The Labute approximate surface area is 103 Å². The summed E-state index contributed by atoms with van der Waals surface area (Å²) in [5.41, 5.74) is 4.12. The molecule has 0 unspecified atom stereocenters. The zero-order valence-electron chi connectivity index (χ0n) is 10.3. The minimum atomic E-state index is 0.0520. The van der Waals surface area contributed by atoms with E-state index in [4.69, 9.17) is 11.6 Å². The lowest BCUT2D eigenvalue weighted by atomic mass is 9.98. The lowest BCUT2D eigenvalue weighted by molar-refractivity contribution is 0.279. The molecule has 16 heavy (non-hydrogen) atoms. The quantitative estimate of drug-likeness (QED) is 0.802. The van der Waals surface area contributed by atoms with Crippen molar-refractivity contribution in [1.82, 2.24) is 4.98 Å². The molecule has 2 nitrogen and oxygen atoms in total. The number of hydrogen-bond donors (Lipinski definition) is 1. The van der Waals surface area contributed by atoms with E-state index < -0.39 is 0 Å². The maximum Gasteiger partial charge on any atom is 0.132 e. The average Bonchev–Trinajstić information content (AvgIpc) is 2.29. The van der Waals surface area contributed by atoms with Crippen LogP contribution in [0.2, 0.25) is 5.15 Å². The molecule has 1 N–H and O–H groups in total. The van der Waals surface area contributed by atoms with Crippen LogP contribution in [0.25, 0.3) is 0 Å². The highest BCUT2D eigenvalue weighted by Crippen LogP contribution is 2.25. The lowest BCUT2D eigenvalue weighted by Gasteiger charge is -2.15. The SMILES string of the molecule is CCCCc1nc(Cl)c(C)c(CO)c1CC. The maximum atomic E-state index is 9.42. The van der Waals surface area contributed by atoms with Crippen LogP contribution in [0.5, 0.6) is 0 Å². The van der Waals surface area contributed by atoms with Crippen molar-refractivity contribution >= 4 is 11.6 Å². The summed E-state index contributed by atoms with van der Waals surface area (Å²) in [5.74, 6) is 0. The van der Waals surface area contributed by atoms with E-state index in [2.05, 4.69) is 18.8 Å². The largest absolute Gasteiger partial charge is 0.392 e. The maximum absolute atomic E-state index is 9.42. The Morgan fingerprint density at radius 3 is 2.44 bits per heavy atom. The third kappa shape index (κ3) is 2.74. The number of aromatic nitrogens is 1. The van der Waals surface area contributed by atoms with Crippen molar-refractivity contribution < 1.29 is 5.11 Å². The highest BCUT2D eigenvalue weighted by Gasteiger charge is 2.13. The number of nitrogens with zero attached hydrogens (tertiary/aromatic N) is 1. The number of aliphatic hydroxyl groups excluding tert-OH is 1. The second-order valence-corrected chi connectivity index (χ2v) is 4.40. The van der Waals surface area contributed by atoms with Gasteiger partial charge in [0.25, 0.3) is 0 Å². The molecule has 90 valence electrons. The van der Waals surface area contributed by atoms with Gasteiger partial charge in [0.05, 0.1) is 6.61 Å². The molecule has 0 aliphatic rings. The van der Waals surface area contributed by atoms with Gasteiger partial charge in [-0.05, 0) is 42.9 Å². The molecule has 0 aliphatic heterocycles. The standard InChI is InChI=1S/C13H20ClNO/c1-4-6-7-12-10(5-2)11(8-16)9(3)13(14)15-12/h16H,4-8H2,1-3H3. The van der Waals surface area contributed by atoms with Crippen molar-refractivity contribution in [2.24, 2.45) is 0 Å². The van der Waals surface area contributed by atoms with E-state index in [0.717, 1.165) is 42.5 Å². The molecule has 3 heteroatoms. The summed E-state index contributed by atoms with van der Waals surface area (Å²) in [7, 11) is 0. The number of rotatable bonds is 5. The van der Waals surface area contributed by atoms with E-state index in [-0.39, 0.29) is 6.61 Å². The van der Waals surface area contributed by atoms with Crippen molar-refractivity contribution in [3.63, 3.8) is 0 Å². The van der Waals surface area contributed by atoms with Crippen LogP contribution >= 0.6 is 11.6 Å². The zero-order valence-corrected chi connectivity index (χ0v) is 11.1. The third-order valence-corrected chi connectivity index (χ3v) is 3.35. The fourth-order valence-corrected chi connectivity index (χ4v) is 2.19. The second-order valence-electron chi connectivity index (χ2n) is 4.05. The molecule has 0 fully saturated rings.